The zero-order valence-corrected chi connectivity index (χ0v) is 18.5. The van der Waals surface area contributed by atoms with Crippen molar-refractivity contribution in [2.75, 3.05) is 46.5 Å². The van der Waals surface area contributed by atoms with E-state index in [1.54, 1.807) is 11.8 Å². The molecule has 3 rings (SSSR count). The van der Waals surface area contributed by atoms with Crippen LogP contribution in [0.5, 0.6) is 0 Å². The third-order valence-electron chi connectivity index (χ3n) is 6.27. The second kappa shape index (κ2) is 10.6. The third-order valence-corrected chi connectivity index (χ3v) is 6.85. The molecule has 0 spiro atoms. The summed E-state index contributed by atoms with van der Waals surface area (Å²) < 4.78 is 0. The van der Waals surface area contributed by atoms with Crippen LogP contribution in [0, 0.1) is 5.92 Å². The molecule has 0 saturated carbocycles. The molecule has 0 radical (unpaired) electrons. The Kier molecular flexibility index (Phi) is 8.11. The van der Waals surface area contributed by atoms with Gasteiger partial charge in [-0.25, -0.2) is 9.97 Å². The van der Waals surface area contributed by atoms with Crippen LogP contribution >= 0.6 is 11.8 Å². The van der Waals surface area contributed by atoms with E-state index >= 15 is 0 Å². The Morgan fingerprint density at radius 1 is 1.21 bits per heavy atom. The average Bonchev–Trinajstić information content (AvgIpc) is 2.73. The lowest BCUT2D eigenvalue weighted by atomic mass is 9.92. The fraction of sp³-hybridized carbons (Fsp3) is 0.762. The zero-order chi connectivity index (χ0) is 19.9. The van der Waals surface area contributed by atoms with Crippen LogP contribution < -0.4 is 0 Å². The van der Waals surface area contributed by atoms with E-state index in [-0.39, 0.29) is 0 Å². The second-order valence-corrected chi connectivity index (χ2v) is 9.17. The maximum atomic E-state index is 12.7. The van der Waals surface area contributed by atoms with Crippen molar-refractivity contribution in [1.82, 2.24) is 24.7 Å². The highest BCUT2D eigenvalue weighted by atomic mass is 32.2. The Morgan fingerprint density at radius 2 is 1.93 bits per heavy atom. The smallest absolute Gasteiger partial charge is 0.222 e. The number of likely N-dealkylation sites (tertiary alicyclic amines) is 2. The quantitative estimate of drug-likeness (QED) is 0.514. The molecule has 2 aliphatic heterocycles. The number of carbonyl (C=O) groups is 1. The molecule has 156 valence electrons. The molecule has 6 nitrogen and oxygen atoms in total. The molecule has 1 atom stereocenters. The van der Waals surface area contributed by atoms with E-state index in [2.05, 4.69) is 26.8 Å². The molecule has 28 heavy (non-hydrogen) atoms. The first-order valence-corrected chi connectivity index (χ1v) is 11.8. The van der Waals surface area contributed by atoms with E-state index in [1.807, 2.05) is 30.6 Å². The molecule has 0 aromatic carbocycles. The van der Waals surface area contributed by atoms with E-state index in [4.69, 9.17) is 0 Å². The first-order chi connectivity index (χ1) is 13.5. The van der Waals surface area contributed by atoms with Crippen LogP contribution in [-0.4, -0.2) is 83.1 Å². The number of hydrogen-bond donors (Lipinski definition) is 0. The summed E-state index contributed by atoms with van der Waals surface area (Å²) in [6, 6.07) is 0.427. The largest absolute Gasteiger partial charge is 0.343 e. The Morgan fingerprint density at radius 3 is 2.61 bits per heavy atom. The van der Waals surface area contributed by atoms with Gasteiger partial charge in [-0.05, 0) is 71.0 Å². The number of aromatic nitrogens is 2. The van der Waals surface area contributed by atoms with Crippen LogP contribution in [0.2, 0.25) is 0 Å². The summed E-state index contributed by atoms with van der Waals surface area (Å²) in [5, 5.41) is 0.826. The minimum atomic E-state index is 0.327. The number of piperidine rings is 2. The molecule has 7 heteroatoms. The van der Waals surface area contributed by atoms with Crippen molar-refractivity contribution in [2.24, 2.45) is 5.92 Å². The SMILES string of the molecule is CSc1ncc(CN2CCC[C@H](CCC(=O)N(C)C3CCN(C)CC3)C2)cn1. The van der Waals surface area contributed by atoms with E-state index in [0.29, 0.717) is 24.3 Å². The summed E-state index contributed by atoms with van der Waals surface area (Å²) >= 11 is 1.57. The van der Waals surface area contributed by atoms with Crippen LogP contribution in [0.1, 0.15) is 44.1 Å². The Labute approximate surface area is 174 Å². The molecule has 0 N–H and O–H groups in total. The number of amides is 1. The number of thioether (sulfide) groups is 1. The van der Waals surface area contributed by atoms with Gasteiger partial charge in [0.15, 0.2) is 5.16 Å². The molecule has 0 bridgehead atoms. The number of hydrogen-bond acceptors (Lipinski definition) is 6. The topological polar surface area (TPSA) is 52.6 Å². The van der Waals surface area contributed by atoms with Gasteiger partial charge in [-0.3, -0.25) is 9.69 Å². The number of rotatable bonds is 7. The monoisotopic (exact) mass is 405 g/mol. The fourth-order valence-corrected chi connectivity index (χ4v) is 4.72. The van der Waals surface area contributed by atoms with Crippen molar-refractivity contribution >= 4 is 17.7 Å². The van der Waals surface area contributed by atoms with Crippen molar-refractivity contribution in [2.45, 2.75) is 56.3 Å². The molecule has 1 aromatic heterocycles. The third kappa shape index (κ3) is 6.16. The van der Waals surface area contributed by atoms with Gasteiger partial charge in [0, 0.05) is 50.6 Å². The predicted octanol–water partition coefficient (Wildman–Crippen LogP) is 2.74. The molecule has 0 aliphatic carbocycles. The van der Waals surface area contributed by atoms with Gasteiger partial charge in [-0.2, -0.15) is 0 Å². The van der Waals surface area contributed by atoms with Crippen molar-refractivity contribution in [1.29, 1.82) is 0 Å². The highest BCUT2D eigenvalue weighted by molar-refractivity contribution is 7.98. The predicted molar refractivity (Wildman–Crippen MR) is 114 cm³/mol. The van der Waals surface area contributed by atoms with Gasteiger partial charge >= 0.3 is 0 Å². The summed E-state index contributed by atoms with van der Waals surface area (Å²) in [6.45, 7) is 5.32. The summed E-state index contributed by atoms with van der Waals surface area (Å²) in [7, 11) is 4.17. The minimum absolute atomic E-state index is 0.327. The molecular weight excluding hydrogens is 370 g/mol. The van der Waals surface area contributed by atoms with Gasteiger partial charge in [-0.1, -0.05) is 11.8 Å². The van der Waals surface area contributed by atoms with Crippen LogP contribution in [0.15, 0.2) is 17.6 Å². The van der Waals surface area contributed by atoms with Crippen LogP contribution in [0.25, 0.3) is 0 Å². The molecule has 0 unspecified atom stereocenters. The fourth-order valence-electron chi connectivity index (χ4n) is 4.41. The lowest BCUT2D eigenvalue weighted by molar-refractivity contribution is -0.133. The zero-order valence-electron chi connectivity index (χ0n) is 17.6. The normalized spacial score (nSPS) is 22.3. The maximum absolute atomic E-state index is 12.7. The van der Waals surface area contributed by atoms with E-state index < -0.39 is 0 Å². The van der Waals surface area contributed by atoms with E-state index in [9.17, 15) is 4.79 Å². The standard InChI is InChI=1S/C21H35N5OS/c1-24-11-8-19(9-12-24)25(2)20(27)7-6-17-5-4-10-26(15-17)16-18-13-22-21(28-3)23-14-18/h13-14,17,19H,4-12,15-16H2,1-3H3/t17-/m1/s1. The average molecular weight is 406 g/mol. The molecular formula is C21H35N5OS. The first-order valence-electron chi connectivity index (χ1n) is 10.6. The highest BCUT2D eigenvalue weighted by Crippen LogP contribution is 2.24. The summed E-state index contributed by atoms with van der Waals surface area (Å²) in [4.78, 5) is 28.3. The molecule has 1 amide bonds. The summed E-state index contributed by atoms with van der Waals surface area (Å²) in [6.07, 6.45) is 12.2. The Bertz CT molecular complexity index is 618. The second-order valence-electron chi connectivity index (χ2n) is 8.40. The summed E-state index contributed by atoms with van der Waals surface area (Å²) in [5.41, 5.74) is 1.18. The van der Waals surface area contributed by atoms with Crippen LogP contribution in [0.3, 0.4) is 0 Å². The minimum Gasteiger partial charge on any atom is -0.343 e. The number of nitrogens with zero attached hydrogens (tertiary/aromatic N) is 5. The molecule has 3 heterocycles. The molecule has 2 aliphatic rings. The van der Waals surface area contributed by atoms with Crippen LogP contribution in [0.4, 0.5) is 0 Å². The maximum Gasteiger partial charge on any atom is 0.222 e. The lowest BCUT2D eigenvalue weighted by Gasteiger charge is -2.36. The first kappa shape index (κ1) is 21.5. The van der Waals surface area contributed by atoms with Gasteiger partial charge in [0.2, 0.25) is 5.91 Å². The molecule has 2 saturated heterocycles. The molecule has 1 aromatic rings. The number of carbonyl (C=O) groups excluding carboxylic acids is 1. The van der Waals surface area contributed by atoms with E-state index in [0.717, 1.165) is 57.1 Å². The Balaban J connectivity index is 1.42. The van der Waals surface area contributed by atoms with Crippen molar-refractivity contribution in [3.05, 3.63) is 18.0 Å². The van der Waals surface area contributed by atoms with Gasteiger partial charge < -0.3 is 9.80 Å². The molecule has 2 fully saturated rings. The van der Waals surface area contributed by atoms with Crippen molar-refractivity contribution in [3.8, 4) is 0 Å². The van der Waals surface area contributed by atoms with Gasteiger partial charge in [0.25, 0.3) is 0 Å². The Hall–Kier alpha value is -1.18. The van der Waals surface area contributed by atoms with Crippen molar-refractivity contribution < 1.29 is 4.79 Å². The van der Waals surface area contributed by atoms with Gasteiger partial charge in [0.1, 0.15) is 0 Å². The summed E-state index contributed by atoms with van der Waals surface area (Å²) in [5.74, 6) is 0.947. The van der Waals surface area contributed by atoms with Crippen molar-refractivity contribution in [3.63, 3.8) is 0 Å². The van der Waals surface area contributed by atoms with Gasteiger partial charge in [0.05, 0.1) is 0 Å². The lowest BCUT2D eigenvalue weighted by Crippen LogP contribution is -2.44. The van der Waals surface area contributed by atoms with Gasteiger partial charge in [-0.15, -0.1) is 0 Å². The van der Waals surface area contributed by atoms with E-state index in [1.165, 1.54) is 18.4 Å². The highest BCUT2D eigenvalue weighted by Gasteiger charge is 2.25. The van der Waals surface area contributed by atoms with Crippen LogP contribution in [-0.2, 0) is 11.3 Å².